The van der Waals surface area contributed by atoms with Gasteiger partial charge in [0.15, 0.2) is 0 Å². The van der Waals surface area contributed by atoms with Gasteiger partial charge in [0, 0.05) is 24.0 Å². The third-order valence-corrected chi connectivity index (χ3v) is 4.51. The Morgan fingerprint density at radius 1 is 1.24 bits per heavy atom. The molecule has 0 unspecified atom stereocenters. The van der Waals surface area contributed by atoms with E-state index in [1.807, 2.05) is 36.4 Å². The number of anilines is 1. The molecule has 4 rings (SSSR count). The molecule has 5 nitrogen and oxygen atoms in total. The molecule has 0 amide bonds. The molecule has 0 spiro atoms. The average molecular weight is 337 g/mol. The fourth-order valence-electron chi connectivity index (χ4n) is 3.30. The molecule has 1 heterocycles. The van der Waals surface area contributed by atoms with Crippen LogP contribution in [0.15, 0.2) is 55.0 Å². The molecule has 1 aromatic heterocycles. The molecule has 3 aromatic rings. The molecule has 0 aliphatic heterocycles. The number of aromatic nitrogens is 2. The average Bonchev–Trinajstić information content (AvgIpc) is 3.22. The third-order valence-electron chi connectivity index (χ3n) is 4.51. The first-order valence-corrected chi connectivity index (χ1v) is 7.95. The van der Waals surface area contributed by atoms with Crippen LogP contribution in [0, 0.1) is 0 Å². The van der Waals surface area contributed by atoms with Crippen LogP contribution < -0.4 is 5.32 Å². The van der Waals surface area contributed by atoms with Gasteiger partial charge in [-0.2, -0.15) is 0 Å². The van der Waals surface area contributed by atoms with Gasteiger partial charge in [-0.3, -0.25) is 0 Å². The SMILES string of the molecule is O=C(O)[C@](F)(Cc1cnc[nH]1)Nc1cccc2c1Cc1ccccc1-2. The number of carbonyl (C=O) groups is 1. The molecule has 0 radical (unpaired) electrons. The number of hydrogen-bond donors (Lipinski definition) is 3. The van der Waals surface area contributed by atoms with Crippen molar-refractivity contribution in [1.29, 1.82) is 0 Å². The molecule has 0 bridgehead atoms. The lowest BCUT2D eigenvalue weighted by molar-refractivity contribution is -0.148. The Morgan fingerprint density at radius 3 is 2.80 bits per heavy atom. The Bertz CT molecular complexity index is 940. The summed E-state index contributed by atoms with van der Waals surface area (Å²) in [5.74, 6) is -4.19. The van der Waals surface area contributed by atoms with Crippen molar-refractivity contribution in [1.82, 2.24) is 9.97 Å². The van der Waals surface area contributed by atoms with E-state index in [4.69, 9.17) is 0 Å². The summed E-state index contributed by atoms with van der Waals surface area (Å²) in [4.78, 5) is 18.2. The van der Waals surface area contributed by atoms with Crippen LogP contribution in [0.25, 0.3) is 11.1 Å². The Labute approximate surface area is 143 Å². The summed E-state index contributed by atoms with van der Waals surface area (Å²) in [5.41, 5.74) is 5.09. The summed E-state index contributed by atoms with van der Waals surface area (Å²) in [6.45, 7) is 0. The van der Waals surface area contributed by atoms with E-state index in [0.717, 1.165) is 22.3 Å². The number of fused-ring (bicyclic) bond motifs is 3. The van der Waals surface area contributed by atoms with Crippen molar-refractivity contribution >= 4 is 11.7 Å². The summed E-state index contributed by atoms with van der Waals surface area (Å²) in [7, 11) is 0. The summed E-state index contributed by atoms with van der Waals surface area (Å²) in [6, 6.07) is 13.5. The van der Waals surface area contributed by atoms with Crippen molar-refractivity contribution in [3.63, 3.8) is 0 Å². The van der Waals surface area contributed by atoms with Crippen molar-refractivity contribution in [2.45, 2.75) is 18.6 Å². The molecule has 1 atom stereocenters. The number of carboxylic acids is 1. The number of aliphatic carboxylic acids is 1. The molecular formula is C19H16FN3O2. The number of nitrogens with one attached hydrogen (secondary N) is 2. The summed E-state index contributed by atoms with van der Waals surface area (Å²) in [5, 5.41) is 12.1. The number of carboxylic acid groups (broad SMARTS) is 1. The minimum atomic E-state index is -2.63. The van der Waals surface area contributed by atoms with Gasteiger partial charge in [0.05, 0.1) is 12.7 Å². The van der Waals surface area contributed by atoms with Crippen molar-refractivity contribution in [3.05, 3.63) is 71.8 Å². The molecule has 126 valence electrons. The highest BCUT2D eigenvalue weighted by Gasteiger charge is 2.40. The minimum absolute atomic E-state index is 0.348. The molecule has 0 saturated heterocycles. The van der Waals surface area contributed by atoms with E-state index >= 15 is 4.39 Å². The number of hydrogen-bond acceptors (Lipinski definition) is 3. The van der Waals surface area contributed by atoms with Crippen LogP contribution in [0.3, 0.4) is 0 Å². The van der Waals surface area contributed by atoms with Crippen LogP contribution in [-0.4, -0.2) is 26.8 Å². The van der Waals surface area contributed by atoms with Crippen molar-refractivity contribution < 1.29 is 14.3 Å². The Morgan fingerprint density at radius 2 is 2.04 bits per heavy atom. The van der Waals surface area contributed by atoms with E-state index in [9.17, 15) is 9.90 Å². The second kappa shape index (κ2) is 5.73. The predicted molar refractivity (Wildman–Crippen MR) is 92.1 cm³/mol. The maximum atomic E-state index is 15.2. The highest BCUT2D eigenvalue weighted by molar-refractivity contribution is 5.86. The maximum Gasteiger partial charge on any atom is 0.363 e. The Kier molecular flexibility index (Phi) is 3.53. The van der Waals surface area contributed by atoms with Gasteiger partial charge in [0.25, 0.3) is 5.79 Å². The van der Waals surface area contributed by atoms with Crippen LogP contribution >= 0.6 is 0 Å². The molecule has 0 fully saturated rings. The zero-order chi connectivity index (χ0) is 17.4. The van der Waals surface area contributed by atoms with Gasteiger partial charge in [-0.1, -0.05) is 36.4 Å². The van der Waals surface area contributed by atoms with Gasteiger partial charge in [-0.15, -0.1) is 0 Å². The monoisotopic (exact) mass is 337 g/mol. The quantitative estimate of drug-likeness (QED) is 0.488. The molecule has 6 heteroatoms. The number of halogens is 1. The normalized spacial score (nSPS) is 14.4. The first kappa shape index (κ1) is 15.4. The second-order valence-electron chi connectivity index (χ2n) is 6.15. The molecule has 3 N–H and O–H groups in total. The number of benzene rings is 2. The lowest BCUT2D eigenvalue weighted by atomic mass is 10.0. The van der Waals surface area contributed by atoms with E-state index in [2.05, 4.69) is 15.3 Å². The Balaban J connectivity index is 1.70. The molecule has 25 heavy (non-hydrogen) atoms. The number of alkyl halides is 1. The van der Waals surface area contributed by atoms with Crippen LogP contribution in [0.4, 0.5) is 10.1 Å². The fraction of sp³-hybridized carbons (Fsp3) is 0.158. The van der Waals surface area contributed by atoms with E-state index in [-0.39, 0.29) is 6.42 Å². The number of aromatic amines is 1. The van der Waals surface area contributed by atoms with Gasteiger partial charge in [-0.05, 0) is 28.3 Å². The Hall–Kier alpha value is -3.15. The van der Waals surface area contributed by atoms with Crippen LogP contribution in [0.5, 0.6) is 0 Å². The van der Waals surface area contributed by atoms with Gasteiger partial charge >= 0.3 is 5.97 Å². The zero-order valence-electron chi connectivity index (χ0n) is 13.3. The van der Waals surface area contributed by atoms with Gasteiger partial charge < -0.3 is 15.4 Å². The highest BCUT2D eigenvalue weighted by atomic mass is 19.1. The standard InChI is InChI=1S/C19H16FN3O2/c20-19(18(24)25,9-13-10-21-11-22-13)23-17-7-3-6-15-14-5-2-1-4-12(14)8-16(15)17/h1-7,10-11,23H,8-9H2,(H,21,22)(H,24,25)/t19-/m0/s1. The van der Waals surface area contributed by atoms with Crippen LogP contribution in [-0.2, 0) is 17.6 Å². The van der Waals surface area contributed by atoms with Crippen LogP contribution in [0.1, 0.15) is 16.8 Å². The highest BCUT2D eigenvalue weighted by Crippen LogP contribution is 2.41. The fourth-order valence-corrected chi connectivity index (χ4v) is 3.30. The van der Waals surface area contributed by atoms with Gasteiger partial charge in [-0.25, -0.2) is 14.2 Å². The van der Waals surface area contributed by atoms with E-state index in [1.54, 1.807) is 6.07 Å². The maximum absolute atomic E-state index is 15.2. The summed E-state index contributed by atoms with van der Waals surface area (Å²) < 4.78 is 15.2. The van der Waals surface area contributed by atoms with Crippen LogP contribution in [0.2, 0.25) is 0 Å². The van der Waals surface area contributed by atoms with E-state index < -0.39 is 11.8 Å². The lowest BCUT2D eigenvalue weighted by Gasteiger charge is -2.24. The summed E-state index contributed by atoms with van der Waals surface area (Å²) >= 11 is 0. The molecule has 1 aliphatic rings. The molecule has 1 aliphatic carbocycles. The zero-order valence-corrected chi connectivity index (χ0v) is 13.3. The smallest absolute Gasteiger partial charge is 0.363 e. The van der Waals surface area contributed by atoms with Gasteiger partial charge in [0.1, 0.15) is 0 Å². The predicted octanol–water partition coefficient (Wildman–Crippen LogP) is 3.39. The number of rotatable bonds is 5. The lowest BCUT2D eigenvalue weighted by Crippen LogP contribution is -2.44. The third kappa shape index (κ3) is 2.65. The minimum Gasteiger partial charge on any atom is -0.477 e. The van der Waals surface area contributed by atoms with E-state index in [0.29, 0.717) is 17.8 Å². The van der Waals surface area contributed by atoms with Crippen molar-refractivity contribution in [3.8, 4) is 11.1 Å². The summed E-state index contributed by atoms with van der Waals surface area (Å²) in [6.07, 6.45) is 3.12. The first-order valence-electron chi connectivity index (χ1n) is 7.95. The number of H-pyrrole nitrogens is 1. The van der Waals surface area contributed by atoms with E-state index in [1.165, 1.54) is 12.5 Å². The topological polar surface area (TPSA) is 78.0 Å². The second-order valence-corrected chi connectivity index (χ2v) is 6.15. The number of nitrogens with zero attached hydrogens (tertiary/aromatic N) is 1. The largest absolute Gasteiger partial charge is 0.477 e. The van der Waals surface area contributed by atoms with Crippen molar-refractivity contribution in [2.75, 3.05) is 5.32 Å². The molecule has 2 aromatic carbocycles. The first-order chi connectivity index (χ1) is 12.1. The number of imidazole rings is 1. The molecular weight excluding hydrogens is 321 g/mol. The van der Waals surface area contributed by atoms with Gasteiger partial charge in [0.2, 0.25) is 0 Å². The molecule has 0 saturated carbocycles. The van der Waals surface area contributed by atoms with Crippen molar-refractivity contribution in [2.24, 2.45) is 0 Å².